The molecule has 0 radical (unpaired) electrons. The van der Waals surface area contributed by atoms with Crippen LogP contribution in [0.25, 0.3) is 0 Å². The van der Waals surface area contributed by atoms with Gasteiger partial charge in [0.2, 0.25) is 11.8 Å². The second-order valence-electron chi connectivity index (χ2n) is 9.11. The Morgan fingerprint density at radius 3 is 2.17 bits per heavy atom. The number of amides is 2. The third-order valence-corrected chi connectivity index (χ3v) is 9.12. The Morgan fingerprint density at radius 1 is 0.875 bits per heavy atom. The summed E-state index contributed by atoms with van der Waals surface area (Å²) < 4.78 is 28.6. The molecular weight excluding hydrogens is 593 g/mol. The fraction of sp³-hybridized carbons (Fsp3) is 0.310. The smallest absolute Gasteiger partial charge is 0.264 e. The third kappa shape index (κ3) is 7.91. The molecule has 11 heteroatoms. The molecule has 0 bridgehead atoms. The zero-order valence-electron chi connectivity index (χ0n) is 22.3. The maximum absolute atomic E-state index is 14.0. The molecular formula is C29H32Cl3N3O4S. The van der Waals surface area contributed by atoms with E-state index in [2.05, 4.69) is 5.32 Å². The summed E-state index contributed by atoms with van der Waals surface area (Å²) in [4.78, 5) is 28.7. The minimum Gasteiger partial charge on any atom is -0.354 e. The first-order valence-corrected chi connectivity index (χ1v) is 15.5. The van der Waals surface area contributed by atoms with Gasteiger partial charge >= 0.3 is 0 Å². The fourth-order valence-electron chi connectivity index (χ4n) is 4.15. The first-order valence-electron chi connectivity index (χ1n) is 12.9. The van der Waals surface area contributed by atoms with E-state index in [1.54, 1.807) is 61.5 Å². The van der Waals surface area contributed by atoms with Crippen LogP contribution in [0.5, 0.6) is 0 Å². The van der Waals surface area contributed by atoms with Crippen molar-refractivity contribution < 1.29 is 18.0 Å². The Morgan fingerprint density at radius 2 is 1.55 bits per heavy atom. The van der Waals surface area contributed by atoms with Gasteiger partial charge in [-0.2, -0.15) is 0 Å². The van der Waals surface area contributed by atoms with Crippen molar-refractivity contribution in [2.45, 2.75) is 50.6 Å². The molecule has 0 saturated heterocycles. The third-order valence-electron chi connectivity index (χ3n) is 6.28. The molecule has 1 N–H and O–H groups in total. The number of anilines is 1. The SMILES string of the molecule is CCCCNC(=O)[C@@H](CC)N(Cc1ccc(Cl)c(Cl)c1)C(=O)CN(c1ccccc1Cl)S(=O)(=O)c1ccccc1. The Bertz CT molecular complexity index is 1420. The topological polar surface area (TPSA) is 86.8 Å². The summed E-state index contributed by atoms with van der Waals surface area (Å²) >= 11 is 18.7. The number of carbonyl (C=O) groups is 2. The highest BCUT2D eigenvalue weighted by atomic mass is 35.5. The number of unbranched alkanes of at least 4 members (excludes halogenated alkanes) is 1. The van der Waals surface area contributed by atoms with E-state index in [0.29, 0.717) is 28.6 Å². The van der Waals surface area contributed by atoms with Crippen LogP contribution >= 0.6 is 34.8 Å². The maximum Gasteiger partial charge on any atom is 0.264 e. The lowest BCUT2D eigenvalue weighted by atomic mass is 10.1. The van der Waals surface area contributed by atoms with E-state index in [1.165, 1.54) is 23.1 Å². The molecule has 7 nitrogen and oxygen atoms in total. The quantitative estimate of drug-likeness (QED) is 0.218. The van der Waals surface area contributed by atoms with Crippen molar-refractivity contribution in [3.05, 3.63) is 93.4 Å². The molecule has 214 valence electrons. The zero-order chi connectivity index (χ0) is 29.3. The average molecular weight is 625 g/mol. The van der Waals surface area contributed by atoms with Gasteiger partial charge < -0.3 is 10.2 Å². The van der Waals surface area contributed by atoms with Crippen molar-refractivity contribution in [2.24, 2.45) is 0 Å². The van der Waals surface area contributed by atoms with Crippen molar-refractivity contribution in [1.29, 1.82) is 0 Å². The Balaban J connectivity index is 2.05. The molecule has 0 unspecified atom stereocenters. The number of rotatable bonds is 13. The molecule has 0 fully saturated rings. The van der Waals surface area contributed by atoms with Crippen LogP contribution in [0.2, 0.25) is 15.1 Å². The van der Waals surface area contributed by atoms with Crippen LogP contribution in [-0.4, -0.2) is 44.3 Å². The summed E-state index contributed by atoms with van der Waals surface area (Å²) in [7, 11) is -4.20. The predicted octanol–water partition coefficient (Wildman–Crippen LogP) is 6.57. The van der Waals surface area contributed by atoms with Crippen LogP contribution in [0.4, 0.5) is 5.69 Å². The largest absolute Gasteiger partial charge is 0.354 e. The van der Waals surface area contributed by atoms with Crippen molar-refractivity contribution in [3.63, 3.8) is 0 Å². The van der Waals surface area contributed by atoms with Gasteiger partial charge in [-0.05, 0) is 54.8 Å². The summed E-state index contributed by atoms with van der Waals surface area (Å²) in [5.41, 5.74) is 0.786. The first kappa shape index (κ1) is 31.7. The van der Waals surface area contributed by atoms with Gasteiger partial charge in [-0.3, -0.25) is 13.9 Å². The number of sulfonamides is 1. The standard InChI is InChI=1S/C29H32Cl3N3O4S/c1-3-5-17-33-29(37)26(4-2)34(19-21-15-16-23(30)25(32)18-21)28(36)20-35(27-14-10-9-13-24(27)31)40(38,39)22-11-7-6-8-12-22/h6-16,18,26H,3-5,17,19-20H2,1-2H3,(H,33,37)/t26-/m1/s1. The van der Waals surface area contributed by atoms with Crippen LogP contribution in [0, 0.1) is 0 Å². The van der Waals surface area contributed by atoms with Gasteiger partial charge in [0.15, 0.2) is 0 Å². The molecule has 0 aromatic heterocycles. The fourth-order valence-corrected chi connectivity index (χ4v) is 6.21. The highest BCUT2D eigenvalue weighted by Crippen LogP contribution is 2.31. The van der Waals surface area contributed by atoms with Crippen molar-refractivity contribution in [3.8, 4) is 0 Å². The van der Waals surface area contributed by atoms with Crippen LogP contribution in [0.3, 0.4) is 0 Å². The summed E-state index contributed by atoms with van der Waals surface area (Å²) in [5.74, 6) is -0.900. The molecule has 0 heterocycles. The number of halogens is 3. The summed E-state index contributed by atoms with van der Waals surface area (Å²) in [6.45, 7) is 3.71. The minimum atomic E-state index is -4.20. The lowest BCUT2D eigenvalue weighted by Gasteiger charge is -2.33. The number of benzene rings is 3. The summed E-state index contributed by atoms with van der Waals surface area (Å²) in [5, 5.41) is 3.71. The van der Waals surface area contributed by atoms with E-state index in [4.69, 9.17) is 34.8 Å². The van der Waals surface area contributed by atoms with Gasteiger partial charge in [0, 0.05) is 13.1 Å². The molecule has 0 spiro atoms. The van der Waals surface area contributed by atoms with Gasteiger partial charge in [0.1, 0.15) is 12.6 Å². The highest BCUT2D eigenvalue weighted by Gasteiger charge is 2.34. The van der Waals surface area contributed by atoms with Gasteiger partial charge in [0.25, 0.3) is 10.0 Å². The second-order valence-corrected chi connectivity index (χ2v) is 12.2. The second kappa shape index (κ2) is 14.7. The molecule has 3 aromatic rings. The van der Waals surface area contributed by atoms with Gasteiger partial charge in [-0.1, -0.05) is 91.5 Å². The number of carbonyl (C=O) groups excluding carboxylic acids is 2. The van der Waals surface area contributed by atoms with Crippen molar-refractivity contribution in [1.82, 2.24) is 10.2 Å². The average Bonchev–Trinajstić information content (AvgIpc) is 2.94. The van der Waals surface area contributed by atoms with Crippen LogP contribution in [-0.2, 0) is 26.2 Å². The molecule has 2 amide bonds. The van der Waals surface area contributed by atoms with Gasteiger partial charge in [-0.15, -0.1) is 0 Å². The molecule has 3 rings (SSSR count). The van der Waals surface area contributed by atoms with E-state index in [9.17, 15) is 18.0 Å². The first-order chi connectivity index (χ1) is 19.1. The van der Waals surface area contributed by atoms with Gasteiger partial charge in [0.05, 0.1) is 25.7 Å². The van der Waals surface area contributed by atoms with Gasteiger partial charge in [-0.25, -0.2) is 8.42 Å². The molecule has 0 aliphatic carbocycles. The van der Waals surface area contributed by atoms with E-state index in [-0.39, 0.29) is 28.1 Å². The highest BCUT2D eigenvalue weighted by molar-refractivity contribution is 7.92. The number of hydrogen-bond acceptors (Lipinski definition) is 4. The summed E-state index contributed by atoms with van der Waals surface area (Å²) in [6, 6.07) is 18.3. The molecule has 1 atom stereocenters. The number of nitrogens with one attached hydrogen (secondary N) is 1. The minimum absolute atomic E-state index is 0.00287. The number of para-hydroxylation sites is 1. The van der Waals surface area contributed by atoms with E-state index < -0.39 is 28.5 Å². The summed E-state index contributed by atoms with van der Waals surface area (Å²) in [6.07, 6.45) is 1.99. The van der Waals surface area contributed by atoms with Crippen molar-refractivity contribution >= 4 is 62.3 Å². The van der Waals surface area contributed by atoms with E-state index in [1.807, 2.05) is 6.92 Å². The van der Waals surface area contributed by atoms with E-state index in [0.717, 1.165) is 17.1 Å². The molecule has 0 aliphatic rings. The zero-order valence-corrected chi connectivity index (χ0v) is 25.4. The van der Waals surface area contributed by atoms with Crippen LogP contribution in [0.1, 0.15) is 38.7 Å². The Kier molecular flexibility index (Phi) is 11.7. The number of hydrogen-bond donors (Lipinski definition) is 1. The van der Waals surface area contributed by atoms with Crippen LogP contribution in [0.15, 0.2) is 77.7 Å². The van der Waals surface area contributed by atoms with Crippen LogP contribution < -0.4 is 9.62 Å². The maximum atomic E-state index is 14.0. The monoisotopic (exact) mass is 623 g/mol. The molecule has 3 aromatic carbocycles. The lowest BCUT2D eigenvalue weighted by molar-refractivity contribution is -0.140. The molecule has 0 saturated carbocycles. The Labute approximate surface area is 251 Å². The predicted molar refractivity (Wildman–Crippen MR) is 161 cm³/mol. The lowest BCUT2D eigenvalue weighted by Crippen LogP contribution is -2.52. The molecule has 40 heavy (non-hydrogen) atoms. The van der Waals surface area contributed by atoms with E-state index >= 15 is 0 Å². The van der Waals surface area contributed by atoms with Crippen molar-refractivity contribution in [2.75, 3.05) is 17.4 Å². The Hall–Kier alpha value is -2.78. The number of nitrogens with zero attached hydrogens (tertiary/aromatic N) is 2. The normalized spacial score (nSPS) is 12.0. The molecule has 0 aliphatic heterocycles.